The predicted molar refractivity (Wildman–Crippen MR) is 100 cm³/mol. The standard InChI is InChI=1S/C21H25NO5/c1-14-5-4-7-18-16(13-19(14)23)6-2-3-8-20(18)27-21(24)15-9-11-17(12-10-15)22(25)26/h7,9-12,14,16,20H,2-6,8,13H2,1H3/b18-7+/t14-,16+,20-/m1/s1. The number of carbonyl (C=O) groups excluding carboxylic acids is 2. The highest BCUT2D eigenvalue weighted by molar-refractivity contribution is 5.90. The number of fused-ring (bicyclic) bond motifs is 1. The fraction of sp³-hybridized carbons (Fsp3) is 0.524. The van der Waals surface area contributed by atoms with Crippen LogP contribution in [0, 0.1) is 22.0 Å². The maximum atomic E-state index is 12.6. The average Bonchev–Trinajstić information content (AvgIpc) is 2.82. The van der Waals surface area contributed by atoms with Crippen LogP contribution in [0.5, 0.6) is 0 Å². The lowest BCUT2D eigenvalue weighted by molar-refractivity contribution is -0.384. The number of ether oxygens (including phenoxy) is 1. The molecule has 2 aliphatic rings. The van der Waals surface area contributed by atoms with E-state index in [1.807, 2.05) is 6.92 Å². The Balaban J connectivity index is 1.77. The number of allylic oxidation sites excluding steroid dienone is 1. The SMILES string of the molecule is C[C@@H]1CC/C=C2\[C@@H](CCCC[C@H]2OC(=O)c2ccc([N+](=O)[O-])cc2)CC1=O. The van der Waals surface area contributed by atoms with Crippen molar-refractivity contribution < 1.29 is 19.2 Å². The first kappa shape index (κ1) is 19.3. The van der Waals surface area contributed by atoms with Crippen molar-refractivity contribution in [3.05, 3.63) is 51.6 Å². The minimum absolute atomic E-state index is 0.0589. The summed E-state index contributed by atoms with van der Waals surface area (Å²) < 4.78 is 5.80. The number of Topliss-reactive ketones (excluding diaryl/α,β-unsaturated/α-hetero) is 1. The van der Waals surface area contributed by atoms with Gasteiger partial charge in [0, 0.05) is 24.5 Å². The maximum absolute atomic E-state index is 12.6. The highest BCUT2D eigenvalue weighted by Gasteiger charge is 2.32. The predicted octanol–water partition coefficient (Wildman–Crippen LogP) is 4.63. The lowest BCUT2D eigenvalue weighted by atomic mass is 9.81. The molecule has 2 aliphatic carbocycles. The van der Waals surface area contributed by atoms with Crippen molar-refractivity contribution in [1.82, 2.24) is 0 Å². The molecule has 0 aliphatic heterocycles. The van der Waals surface area contributed by atoms with Crippen molar-refractivity contribution in [1.29, 1.82) is 0 Å². The molecule has 144 valence electrons. The van der Waals surface area contributed by atoms with Crippen molar-refractivity contribution in [3.63, 3.8) is 0 Å². The monoisotopic (exact) mass is 371 g/mol. The van der Waals surface area contributed by atoms with Crippen LogP contribution in [0.2, 0.25) is 0 Å². The van der Waals surface area contributed by atoms with Gasteiger partial charge < -0.3 is 4.74 Å². The van der Waals surface area contributed by atoms with E-state index in [0.29, 0.717) is 17.8 Å². The van der Waals surface area contributed by atoms with E-state index in [1.54, 1.807) is 0 Å². The van der Waals surface area contributed by atoms with E-state index in [0.717, 1.165) is 44.1 Å². The molecule has 0 spiro atoms. The molecule has 1 saturated carbocycles. The van der Waals surface area contributed by atoms with E-state index in [1.165, 1.54) is 24.3 Å². The molecule has 0 aromatic heterocycles. The van der Waals surface area contributed by atoms with Gasteiger partial charge in [0.2, 0.25) is 0 Å². The Kier molecular flexibility index (Phi) is 6.04. The first-order valence-electron chi connectivity index (χ1n) is 9.64. The van der Waals surface area contributed by atoms with E-state index in [4.69, 9.17) is 4.74 Å². The molecule has 0 N–H and O–H groups in total. The van der Waals surface area contributed by atoms with Gasteiger partial charge in [-0.3, -0.25) is 14.9 Å². The van der Waals surface area contributed by atoms with Crippen molar-refractivity contribution in [3.8, 4) is 0 Å². The second kappa shape index (κ2) is 8.46. The summed E-state index contributed by atoms with van der Waals surface area (Å²) >= 11 is 0. The molecular formula is C21H25NO5. The lowest BCUT2D eigenvalue weighted by Crippen LogP contribution is -2.27. The molecule has 3 rings (SSSR count). The van der Waals surface area contributed by atoms with Crippen LogP contribution < -0.4 is 0 Å². The van der Waals surface area contributed by atoms with Crippen molar-refractivity contribution >= 4 is 17.4 Å². The van der Waals surface area contributed by atoms with Crippen molar-refractivity contribution in [2.45, 2.75) is 58.0 Å². The second-order valence-corrected chi connectivity index (χ2v) is 7.53. The largest absolute Gasteiger partial charge is 0.454 e. The smallest absolute Gasteiger partial charge is 0.338 e. The van der Waals surface area contributed by atoms with Gasteiger partial charge in [0.25, 0.3) is 5.69 Å². The Morgan fingerprint density at radius 1 is 1.15 bits per heavy atom. The molecule has 27 heavy (non-hydrogen) atoms. The van der Waals surface area contributed by atoms with Gasteiger partial charge in [-0.05, 0) is 55.7 Å². The van der Waals surface area contributed by atoms with Gasteiger partial charge in [0.15, 0.2) is 0 Å². The van der Waals surface area contributed by atoms with Crippen LogP contribution in [-0.2, 0) is 9.53 Å². The molecule has 1 fully saturated rings. The van der Waals surface area contributed by atoms with Crippen LogP contribution >= 0.6 is 0 Å². The summed E-state index contributed by atoms with van der Waals surface area (Å²) in [5, 5.41) is 10.8. The maximum Gasteiger partial charge on any atom is 0.338 e. The van der Waals surface area contributed by atoms with Crippen LogP contribution in [0.3, 0.4) is 0 Å². The highest BCUT2D eigenvalue weighted by atomic mass is 16.6. The lowest BCUT2D eigenvalue weighted by Gasteiger charge is -2.27. The van der Waals surface area contributed by atoms with Crippen LogP contribution in [0.25, 0.3) is 0 Å². The number of carbonyl (C=O) groups is 2. The Labute approximate surface area is 158 Å². The first-order valence-corrected chi connectivity index (χ1v) is 9.64. The Hall–Kier alpha value is -2.50. The molecule has 0 radical (unpaired) electrons. The molecule has 0 amide bonds. The highest BCUT2D eigenvalue weighted by Crippen LogP contribution is 2.36. The molecule has 1 aromatic rings. The summed E-state index contributed by atoms with van der Waals surface area (Å²) in [7, 11) is 0. The molecule has 0 saturated heterocycles. The van der Waals surface area contributed by atoms with Crippen LogP contribution in [0.1, 0.15) is 62.2 Å². The number of non-ortho nitro benzene ring substituents is 1. The Morgan fingerprint density at radius 3 is 2.56 bits per heavy atom. The Morgan fingerprint density at radius 2 is 1.85 bits per heavy atom. The summed E-state index contributed by atoms with van der Waals surface area (Å²) in [4.78, 5) is 35.2. The molecule has 0 heterocycles. The fourth-order valence-corrected chi connectivity index (χ4v) is 3.98. The fourth-order valence-electron chi connectivity index (χ4n) is 3.98. The van der Waals surface area contributed by atoms with E-state index < -0.39 is 10.9 Å². The van der Waals surface area contributed by atoms with Gasteiger partial charge in [-0.15, -0.1) is 0 Å². The van der Waals surface area contributed by atoms with Crippen molar-refractivity contribution in [2.75, 3.05) is 0 Å². The van der Waals surface area contributed by atoms with Gasteiger partial charge >= 0.3 is 5.97 Å². The molecule has 0 bridgehead atoms. The second-order valence-electron chi connectivity index (χ2n) is 7.53. The van der Waals surface area contributed by atoms with Gasteiger partial charge in [-0.25, -0.2) is 4.79 Å². The number of nitrogens with zero attached hydrogens (tertiary/aromatic N) is 1. The minimum Gasteiger partial charge on any atom is -0.454 e. The van der Waals surface area contributed by atoms with Gasteiger partial charge in [0.05, 0.1) is 10.5 Å². The molecule has 3 atom stereocenters. The molecule has 1 aromatic carbocycles. The molecule has 6 nitrogen and oxygen atoms in total. The average molecular weight is 371 g/mol. The van der Waals surface area contributed by atoms with Crippen LogP contribution in [0.4, 0.5) is 5.69 Å². The zero-order valence-electron chi connectivity index (χ0n) is 15.6. The number of ketones is 1. The third kappa shape index (κ3) is 4.62. The summed E-state index contributed by atoms with van der Waals surface area (Å²) in [6.45, 7) is 1.99. The number of hydrogen-bond acceptors (Lipinski definition) is 5. The number of nitro groups is 1. The third-order valence-corrected chi connectivity index (χ3v) is 5.65. The minimum atomic E-state index is -0.498. The van der Waals surface area contributed by atoms with Gasteiger partial charge in [-0.2, -0.15) is 0 Å². The number of rotatable bonds is 3. The van der Waals surface area contributed by atoms with Gasteiger partial charge in [-0.1, -0.05) is 19.4 Å². The first-order chi connectivity index (χ1) is 13.0. The van der Waals surface area contributed by atoms with E-state index in [-0.39, 0.29) is 23.6 Å². The quantitative estimate of drug-likeness (QED) is 0.335. The zero-order valence-corrected chi connectivity index (χ0v) is 15.6. The number of benzene rings is 1. The summed E-state index contributed by atoms with van der Waals surface area (Å²) in [6.07, 6.45) is 7.72. The zero-order chi connectivity index (χ0) is 19.4. The van der Waals surface area contributed by atoms with E-state index in [9.17, 15) is 19.7 Å². The molecule has 0 unspecified atom stereocenters. The summed E-state index contributed by atoms with van der Waals surface area (Å²) in [6, 6.07) is 5.46. The Bertz CT molecular complexity index is 752. The normalized spacial score (nSPS) is 28.0. The van der Waals surface area contributed by atoms with Crippen LogP contribution in [-0.4, -0.2) is 22.8 Å². The molecule has 6 heteroatoms. The number of nitro benzene ring substituents is 1. The molecular weight excluding hydrogens is 346 g/mol. The van der Waals surface area contributed by atoms with E-state index in [2.05, 4.69) is 6.08 Å². The number of esters is 1. The van der Waals surface area contributed by atoms with E-state index >= 15 is 0 Å². The topological polar surface area (TPSA) is 86.5 Å². The number of hydrogen-bond donors (Lipinski definition) is 0. The van der Waals surface area contributed by atoms with Gasteiger partial charge in [0.1, 0.15) is 11.9 Å². The third-order valence-electron chi connectivity index (χ3n) is 5.65. The van der Waals surface area contributed by atoms with Crippen LogP contribution in [0.15, 0.2) is 35.9 Å². The summed E-state index contributed by atoms with van der Waals surface area (Å²) in [5.74, 6) is 0.0655. The summed E-state index contributed by atoms with van der Waals surface area (Å²) in [5.41, 5.74) is 1.33. The van der Waals surface area contributed by atoms with Crippen molar-refractivity contribution in [2.24, 2.45) is 11.8 Å².